The number of aryl methyl sites for hydroxylation is 1. The lowest BCUT2D eigenvalue weighted by Crippen LogP contribution is -2.49. The molecule has 1 saturated heterocycles. The summed E-state index contributed by atoms with van der Waals surface area (Å²) in [5, 5.41) is 0. The van der Waals surface area contributed by atoms with Crippen molar-refractivity contribution in [3.8, 4) is 0 Å². The summed E-state index contributed by atoms with van der Waals surface area (Å²) in [5.74, 6) is 0.784. The number of aromatic amines is 1. The van der Waals surface area contributed by atoms with E-state index in [0.717, 1.165) is 30.9 Å². The Morgan fingerprint density at radius 2 is 2.42 bits per heavy atom. The number of carbonyl (C=O) groups excluding carboxylic acids is 1. The second-order valence-corrected chi connectivity index (χ2v) is 5.11. The van der Waals surface area contributed by atoms with Crippen LogP contribution in [0.5, 0.6) is 0 Å². The third kappa shape index (κ3) is 2.79. The summed E-state index contributed by atoms with van der Waals surface area (Å²) in [6, 6.07) is -0.613. The van der Waals surface area contributed by atoms with Crippen LogP contribution in [-0.4, -0.2) is 46.6 Å². The molecule has 2 heterocycles. The summed E-state index contributed by atoms with van der Waals surface area (Å²) in [6.07, 6.45) is 3.40. The van der Waals surface area contributed by atoms with Crippen molar-refractivity contribution in [2.45, 2.75) is 44.9 Å². The predicted molar refractivity (Wildman–Crippen MR) is 71.5 cm³/mol. The summed E-state index contributed by atoms with van der Waals surface area (Å²) < 4.78 is 5.14. The molecule has 19 heavy (non-hydrogen) atoms. The Hall–Kier alpha value is -1.40. The molecule has 6 nitrogen and oxygen atoms in total. The smallest absolute Gasteiger partial charge is 0.242 e. The highest BCUT2D eigenvalue weighted by atomic mass is 16.5. The average molecular weight is 266 g/mol. The second-order valence-electron chi connectivity index (χ2n) is 5.11. The first-order valence-electron chi connectivity index (χ1n) is 6.65. The quantitative estimate of drug-likeness (QED) is 0.842. The Morgan fingerprint density at radius 3 is 3.00 bits per heavy atom. The molecule has 0 radical (unpaired) electrons. The van der Waals surface area contributed by atoms with Gasteiger partial charge in [-0.05, 0) is 26.7 Å². The zero-order valence-corrected chi connectivity index (χ0v) is 11.7. The van der Waals surface area contributed by atoms with Crippen molar-refractivity contribution in [2.24, 2.45) is 5.73 Å². The summed E-state index contributed by atoms with van der Waals surface area (Å²) in [7, 11) is 1.56. The number of nitrogens with zero attached hydrogens (tertiary/aromatic N) is 2. The lowest BCUT2D eigenvalue weighted by Gasteiger charge is -2.28. The van der Waals surface area contributed by atoms with Crippen LogP contribution in [-0.2, 0) is 9.53 Å². The average Bonchev–Trinajstić information content (AvgIpc) is 3.04. The van der Waals surface area contributed by atoms with E-state index in [1.54, 1.807) is 13.3 Å². The van der Waals surface area contributed by atoms with Gasteiger partial charge < -0.3 is 20.4 Å². The molecule has 1 aromatic rings. The van der Waals surface area contributed by atoms with Crippen LogP contribution in [0.1, 0.15) is 37.3 Å². The number of imidazole rings is 1. The Morgan fingerprint density at radius 1 is 1.68 bits per heavy atom. The number of amides is 1. The van der Waals surface area contributed by atoms with E-state index in [1.807, 2.05) is 18.7 Å². The molecule has 1 amide bonds. The van der Waals surface area contributed by atoms with Gasteiger partial charge in [-0.2, -0.15) is 0 Å². The monoisotopic (exact) mass is 266 g/mol. The van der Waals surface area contributed by atoms with Crippen molar-refractivity contribution in [1.29, 1.82) is 0 Å². The molecule has 0 bridgehead atoms. The van der Waals surface area contributed by atoms with Gasteiger partial charge in [0.05, 0.1) is 12.1 Å². The summed E-state index contributed by atoms with van der Waals surface area (Å²) in [4.78, 5) is 21.8. The van der Waals surface area contributed by atoms with E-state index in [0.29, 0.717) is 0 Å². The summed E-state index contributed by atoms with van der Waals surface area (Å²) in [5.41, 5.74) is 6.95. The number of likely N-dealkylation sites (tertiary alicyclic amines) is 1. The maximum atomic E-state index is 12.4. The first-order valence-corrected chi connectivity index (χ1v) is 6.65. The van der Waals surface area contributed by atoms with Crippen LogP contribution in [0.15, 0.2) is 6.20 Å². The molecule has 1 aliphatic heterocycles. The number of aromatic nitrogens is 2. The minimum absolute atomic E-state index is 0.0105. The van der Waals surface area contributed by atoms with E-state index in [9.17, 15) is 4.79 Å². The first-order chi connectivity index (χ1) is 9.04. The van der Waals surface area contributed by atoms with Crippen molar-refractivity contribution in [2.75, 3.05) is 13.7 Å². The number of methoxy groups -OCH3 is 1. The van der Waals surface area contributed by atoms with Crippen molar-refractivity contribution in [1.82, 2.24) is 14.9 Å². The van der Waals surface area contributed by atoms with Gasteiger partial charge in [0.1, 0.15) is 11.9 Å². The largest absolute Gasteiger partial charge is 0.380 e. The normalized spacial score (nSPS) is 22.5. The fourth-order valence-corrected chi connectivity index (χ4v) is 2.46. The Balaban J connectivity index is 2.12. The molecule has 0 unspecified atom stereocenters. The zero-order valence-electron chi connectivity index (χ0n) is 11.7. The number of hydrogen-bond donors (Lipinski definition) is 2. The third-order valence-corrected chi connectivity index (χ3v) is 3.74. The number of carbonyl (C=O) groups is 1. The zero-order chi connectivity index (χ0) is 14.0. The van der Waals surface area contributed by atoms with E-state index in [1.165, 1.54) is 0 Å². The number of rotatable bonds is 4. The Kier molecular flexibility index (Phi) is 4.21. The van der Waals surface area contributed by atoms with Crippen molar-refractivity contribution < 1.29 is 9.53 Å². The highest BCUT2D eigenvalue weighted by Crippen LogP contribution is 2.30. The highest BCUT2D eigenvalue weighted by molar-refractivity contribution is 5.82. The minimum atomic E-state index is -0.623. The topological polar surface area (TPSA) is 84.2 Å². The van der Waals surface area contributed by atoms with Crippen LogP contribution in [0.25, 0.3) is 0 Å². The van der Waals surface area contributed by atoms with E-state index >= 15 is 0 Å². The number of nitrogens with one attached hydrogen (secondary N) is 1. The lowest BCUT2D eigenvalue weighted by atomic mass is 10.1. The number of hydrogen-bond acceptors (Lipinski definition) is 4. The molecular formula is C13H22N4O2. The molecule has 1 aliphatic rings. The number of nitrogens with two attached hydrogens (primary N) is 1. The van der Waals surface area contributed by atoms with Crippen molar-refractivity contribution in [3.05, 3.63) is 17.7 Å². The number of ether oxygens (including phenoxy) is 1. The van der Waals surface area contributed by atoms with Gasteiger partial charge in [-0.1, -0.05) is 0 Å². The van der Waals surface area contributed by atoms with Gasteiger partial charge in [0.25, 0.3) is 0 Å². The van der Waals surface area contributed by atoms with Gasteiger partial charge in [-0.15, -0.1) is 0 Å². The van der Waals surface area contributed by atoms with E-state index < -0.39 is 6.04 Å². The lowest BCUT2D eigenvalue weighted by molar-refractivity contribution is -0.136. The molecule has 1 fully saturated rings. The molecule has 2 rings (SSSR count). The molecule has 106 valence electrons. The van der Waals surface area contributed by atoms with Crippen LogP contribution in [0.4, 0.5) is 0 Å². The summed E-state index contributed by atoms with van der Waals surface area (Å²) in [6.45, 7) is 4.49. The molecule has 1 aromatic heterocycles. The molecule has 0 spiro atoms. The molecule has 0 aliphatic carbocycles. The fraction of sp³-hybridized carbons (Fsp3) is 0.692. The Labute approximate surface area is 113 Å². The molecule has 3 atom stereocenters. The van der Waals surface area contributed by atoms with Gasteiger partial charge in [-0.25, -0.2) is 4.98 Å². The SMILES string of the molecule is CO[C@H](C)[C@H](N)C(=O)N1CCC[C@H]1c1ncc(C)[nH]1. The third-order valence-electron chi connectivity index (χ3n) is 3.74. The van der Waals surface area contributed by atoms with E-state index in [-0.39, 0.29) is 18.1 Å². The predicted octanol–water partition coefficient (Wildman–Crippen LogP) is 0.744. The van der Waals surface area contributed by atoms with Crippen LogP contribution in [0.3, 0.4) is 0 Å². The van der Waals surface area contributed by atoms with Crippen LogP contribution >= 0.6 is 0 Å². The highest BCUT2D eigenvalue weighted by Gasteiger charge is 2.35. The maximum Gasteiger partial charge on any atom is 0.242 e. The molecular weight excluding hydrogens is 244 g/mol. The van der Waals surface area contributed by atoms with Crippen molar-refractivity contribution in [3.63, 3.8) is 0 Å². The van der Waals surface area contributed by atoms with Gasteiger partial charge in [0.15, 0.2) is 0 Å². The van der Waals surface area contributed by atoms with E-state index in [2.05, 4.69) is 9.97 Å². The van der Waals surface area contributed by atoms with Gasteiger partial charge in [-0.3, -0.25) is 4.79 Å². The molecule has 6 heteroatoms. The van der Waals surface area contributed by atoms with E-state index in [4.69, 9.17) is 10.5 Å². The van der Waals surface area contributed by atoms with Gasteiger partial charge in [0, 0.05) is 25.5 Å². The molecule has 0 saturated carbocycles. The first kappa shape index (κ1) is 14.0. The van der Waals surface area contributed by atoms with Crippen LogP contribution in [0, 0.1) is 6.92 Å². The Bertz CT molecular complexity index is 446. The molecule has 0 aromatic carbocycles. The van der Waals surface area contributed by atoms with Crippen molar-refractivity contribution >= 4 is 5.91 Å². The second kappa shape index (κ2) is 5.71. The van der Waals surface area contributed by atoms with Crippen LogP contribution < -0.4 is 5.73 Å². The van der Waals surface area contributed by atoms with Gasteiger partial charge in [0.2, 0.25) is 5.91 Å². The fourth-order valence-electron chi connectivity index (χ4n) is 2.46. The summed E-state index contributed by atoms with van der Waals surface area (Å²) >= 11 is 0. The van der Waals surface area contributed by atoms with Gasteiger partial charge >= 0.3 is 0 Å². The minimum Gasteiger partial charge on any atom is -0.380 e. The van der Waals surface area contributed by atoms with Crippen LogP contribution in [0.2, 0.25) is 0 Å². The number of H-pyrrole nitrogens is 1. The standard InChI is InChI=1S/C13H22N4O2/c1-8-7-15-12(16-8)10-5-4-6-17(10)13(18)11(14)9(2)19-3/h7,9-11H,4-6,14H2,1-3H3,(H,15,16)/t9-,10+,11+/m1/s1. The molecule has 3 N–H and O–H groups in total. The maximum absolute atomic E-state index is 12.4.